The maximum atomic E-state index is 12.7. The third-order valence-electron chi connectivity index (χ3n) is 7.60. The van der Waals surface area contributed by atoms with Crippen LogP contribution in [0.5, 0.6) is 0 Å². The average Bonchev–Trinajstić information content (AvgIpc) is 3.53. The number of amides is 2. The van der Waals surface area contributed by atoms with Crippen LogP contribution in [0.2, 0.25) is 0 Å². The molecule has 0 N–H and O–H groups in total. The maximum absolute atomic E-state index is 12.7. The lowest BCUT2D eigenvalue weighted by Gasteiger charge is -2.07. The number of unbranched alkanes of at least 4 members (excludes halogenated alkanes) is 5. The van der Waals surface area contributed by atoms with E-state index in [1.54, 1.807) is 22.7 Å². The van der Waals surface area contributed by atoms with Gasteiger partial charge in [-0.05, 0) is 63.8 Å². The van der Waals surface area contributed by atoms with E-state index in [2.05, 4.69) is 57.2 Å². The predicted molar refractivity (Wildman–Crippen MR) is 180 cm³/mol. The summed E-state index contributed by atoms with van der Waals surface area (Å²) >= 11 is 3.13. The van der Waals surface area contributed by atoms with Gasteiger partial charge in [-0.15, -0.1) is 0 Å². The summed E-state index contributed by atoms with van der Waals surface area (Å²) in [4.78, 5) is 35.9. The largest absolute Gasteiger partial charge is 0.380 e. The minimum absolute atomic E-state index is 0.0681. The van der Waals surface area contributed by atoms with Gasteiger partial charge in [-0.3, -0.25) is 9.59 Å². The second kappa shape index (κ2) is 17.5. The Kier molecular flexibility index (Phi) is 13.5. The van der Waals surface area contributed by atoms with Gasteiger partial charge in [0.25, 0.3) is 0 Å². The molecule has 0 aliphatic carbocycles. The number of ether oxygens (including phenoxy) is 2. The van der Waals surface area contributed by atoms with Crippen molar-refractivity contribution in [2.75, 3.05) is 26.4 Å². The SMILES string of the molecule is CCOCCn1c(=NC(=O)CCCCCCCCC(=O)N=c2sc3cccc(C)c3n2CCOCC)sc2cccc(C)c21. The minimum Gasteiger partial charge on any atom is -0.380 e. The Balaban J connectivity index is 1.22. The number of carbonyl (C=O) groups is 2. The highest BCUT2D eigenvalue weighted by atomic mass is 32.1. The Morgan fingerprint density at radius 3 is 1.48 bits per heavy atom. The number of hydrogen-bond acceptors (Lipinski definition) is 6. The number of fused-ring (bicyclic) bond motifs is 2. The molecule has 238 valence electrons. The van der Waals surface area contributed by atoms with Crippen molar-refractivity contribution in [3.63, 3.8) is 0 Å². The van der Waals surface area contributed by atoms with Gasteiger partial charge in [-0.2, -0.15) is 9.98 Å². The van der Waals surface area contributed by atoms with E-state index in [-0.39, 0.29) is 11.8 Å². The highest BCUT2D eigenvalue weighted by Gasteiger charge is 2.12. The molecule has 0 saturated carbocycles. The lowest BCUT2D eigenvalue weighted by Crippen LogP contribution is -2.20. The molecule has 0 fully saturated rings. The number of benzene rings is 2. The van der Waals surface area contributed by atoms with E-state index in [0.29, 0.717) is 52.4 Å². The van der Waals surface area contributed by atoms with E-state index >= 15 is 0 Å². The summed E-state index contributed by atoms with van der Waals surface area (Å²) in [5, 5.41) is 0. The number of aromatic nitrogens is 2. The lowest BCUT2D eigenvalue weighted by molar-refractivity contribution is -0.119. The predicted octanol–water partition coefficient (Wildman–Crippen LogP) is 7.08. The van der Waals surface area contributed by atoms with E-state index in [1.165, 1.54) is 11.1 Å². The molecule has 0 atom stereocenters. The molecule has 2 aromatic carbocycles. The molecule has 44 heavy (non-hydrogen) atoms. The molecule has 0 radical (unpaired) electrons. The number of hydrogen-bond donors (Lipinski definition) is 0. The lowest BCUT2D eigenvalue weighted by atomic mass is 10.1. The summed E-state index contributed by atoms with van der Waals surface area (Å²) in [6.07, 6.45) is 6.61. The van der Waals surface area contributed by atoms with Crippen molar-refractivity contribution in [3.05, 3.63) is 57.1 Å². The van der Waals surface area contributed by atoms with Crippen molar-refractivity contribution in [2.45, 2.75) is 92.2 Å². The molecular formula is C34H46N4O4S2. The first kappa shape index (κ1) is 34.0. The smallest absolute Gasteiger partial charge is 0.248 e. The standard InChI is InChI=1S/C34H46N4O4S2/c1-5-41-23-21-37-31-25(3)15-13-17-27(31)43-33(37)35-29(39)19-11-9-7-8-10-12-20-30(40)36-34-38(22-24-42-6-2)32-26(4)16-14-18-28(32)44-34/h13-18H,5-12,19-24H2,1-4H3. The summed E-state index contributed by atoms with van der Waals surface area (Å²) in [6, 6.07) is 12.4. The molecule has 0 spiro atoms. The van der Waals surface area contributed by atoms with Gasteiger partial charge in [0.2, 0.25) is 11.8 Å². The Bertz CT molecular complexity index is 1550. The molecule has 8 nitrogen and oxygen atoms in total. The van der Waals surface area contributed by atoms with Crippen molar-refractivity contribution >= 4 is 54.9 Å². The van der Waals surface area contributed by atoms with Crippen LogP contribution in [0.25, 0.3) is 20.4 Å². The van der Waals surface area contributed by atoms with Crippen LogP contribution in [0.1, 0.15) is 76.3 Å². The molecule has 0 unspecified atom stereocenters. The Morgan fingerprint density at radius 1 is 0.659 bits per heavy atom. The van der Waals surface area contributed by atoms with Gasteiger partial charge >= 0.3 is 0 Å². The second-order valence-corrected chi connectivity index (χ2v) is 13.0. The third kappa shape index (κ3) is 9.30. The van der Waals surface area contributed by atoms with Gasteiger partial charge in [0.05, 0.1) is 33.6 Å². The number of aryl methyl sites for hydroxylation is 2. The van der Waals surface area contributed by atoms with Crippen molar-refractivity contribution < 1.29 is 19.1 Å². The number of thiazole rings is 2. The number of carbonyl (C=O) groups excluding carboxylic acids is 2. The fraction of sp³-hybridized carbons (Fsp3) is 0.529. The zero-order chi connectivity index (χ0) is 31.3. The highest BCUT2D eigenvalue weighted by Crippen LogP contribution is 2.22. The van der Waals surface area contributed by atoms with Crippen LogP contribution in [-0.2, 0) is 32.2 Å². The van der Waals surface area contributed by atoms with Crippen molar-refractivity contribution in [1.82, 2.24) is 9.13 Å². The van der Waals surface area contributed by atoms with Crippen LogP contribution in [0.15, 0.2) is 46.4 Å². The highest BCUT2D eigenvalue weighted by molar-refractivity contribution is 7.16. The quantitative estimate of drug-likeness (QED) is 0.116. The van der Waals surface area contributed by atoms with Gasteiger partial charge in [-0.1, -0.05) is 72.6 Å². The Hall–Kier alpha value is -2.92. The van der Waals surface area contributed by atoms with Gasteiger partial charge < -0.3 is 18.6 Å². The van der Waals surface area contributed by atoms with E-state index in [4.69, 9.17) is 9.47 Å². The Labute approximate surface area is 268 Å². The minimum atomic E-state index is -0.0681. The van der Waals surface area contributed by atoms with Crippen LogP contribution >= 0.6 is 22.7 Å². The Morgan fingerprint density at radius 2 is 1.07 bits per heavy atom. The first-order chi connectivity index (χ1) is 21.4. The van der Waals surface area contributed by atoms with E-state index < -0.39 is 0 Å². The molecule has 2 aromatic heterocycles. The molecule has 4 rings (SSSR count). The zero-order valence-corrected chi connectivity index (χ0v) is 28.2. The monoisotopic (exact) mass is 638 g/mol. The fourth-order valence-corrected chi connectivity index (χ4v) is 7.69. The topological polar surface area (TPSA) is 87.2 Å². The average molecular weight is 639 g/mol. The van der Waals surface area contributed by atoms with Gasteiger partial charge in [-0.25, -0.2) is 0 Å². The summed E-state index contributed by atoms with van der Waals surface area (Å²) < 4.78 is 17.7. The van der Waals surface area contributed by atoms with E-state index in [0.717, 1.165) is 68.6 Å². The molecule has 0 bridgehead atoms. The summed E-state index contributed by atoms with van der Waals surface area (Å²) in [5.41, 5.74) is 4.62. The first-order valence-electron chi connectivity index (χ1n) is 15.9. The maximum Gasteiger partial charge on any atom is 0.248 e. The molecule has 2 heterocycles. The normalized spacial score (nSPS) is 12.6. The molecule has 0 saturated heterocycles. The molecule has 4 aromatic rings. The summed E-state index contributed by atoms with van der Waals surface area (Å²) in [5.74, 6) is -0.136. The van der Waals surface area contributed by atoms with E-state index in [9.17, 15) is 9.59 Å². The van der Waals surface area contributed by atoms with Gasteiger partial charge in [0.1, 0.15) is 0 Å². The summed E-state index contributed by atoms with van der Waals surface area (Å²) in [7, 11) is 0. The molecule has 0 aliphatic rings. The van der Waals surface area contributed by atoms with Crippen LogP contribution in [0, 0.1) is 13.8 Å². The zero-order valence-electron chi connectivity index (χ0n) is 26.6. The third-order valence-corrected chi connectivity index (χ3v) is 9.69. The van der Waals surface area contributed by atoms with Crippen LogP contribution < -0.4 is 9.60 Å². The summed E-state index contributed by atoms with van der Waals surface area (Å²) in [6.45, 7) is 12.0. The molecule has 10 heteroatoms. The molecule has 0 aliphatic heterocycles. The number of rotatable bonds is 17. The molecule has 2 amide bonds. The van der Waals surface area contributed by atoms with Crippen LogP contribution in [0.4, 0.5) is 0 Å². The number of nitrogens with zero attached hydrogens (tertiary/aromatic N) is 4. The van der Waals surface area contributed by atoms with Crippen LogP contribution in [0.3, 0.4) is 0 Å². The second-order valence-electron chi connectivity index (χ2n) is 10.9. The fourth-order valence-electron chi connectivity index (χ4n) is 5.39. The van der Waals surface area contributed by atoms with Crippen LogP contribution in [-0.4, -0.2) is 47.4 Å². The van der Waals surface area contributed by atoms with Crippen molar-refractivity contribution in [1.29, 1.82) is 0 Å². The number of para-hydroxylation sites is 2. The first-order valence-corrected chi connectivity index (χ1v) is 17.5. The van der Waals surface area contributed by atoms with E-state index in [1.807, 2.05) is 26.0 Å². The van der Waals surface area contributed by atoms with Crippen molar-refractivity contribution in [2.24, 2.45) is 9.98 Å². The van der Waals surface area contributed by atoms with Gasteiger partial charge in [0.15, 0.2) is 9.60 Å². The molecular weight excluding hydrogens is 593 g/mol. The van der Waals surface area contributed by atoms with Gasteiger partial charge in [0, 0.05) is 39.1 Å². The van der Waals surface area contributed by atoms with Crippen molar-refractivity contribution in [3.8, 4) is 0 Å².